The topological polar surface area (TPSA) is 3.24 Å². The van der Waals surface area contributed by atoms with Gasteiger partial charge in [0.05, 0.1) is 6.04 Å². The summed E-state index contributed by atoms with van der Waals surface area (Å²) in [6.07, 6.45) is 0. The summed E-state index contributed by atoms with van der Waals surface area (Å²) in [5, 5.41) is 0.769. The minimum absolute atomic E-state index is 0.291. The lowest BCUT2D eigenvalue weighted by Gasteiger charge is -2.27. The van der Waals surface area contributed by atoms with E-state index in [0.717, 1.165) is 10.6 Å². The molecule has 2 aromatic rings. The van der Waals surface area contributed by atoms with Crippen molar-refractivity contribution in [3.63, 3.8) is 0 Å². The van der Waals surface area contributed by atoms with Gasteiger partial charge in [0.2, 0.25) is 0 Å². The predicted molar refractivity (Wildman–Crippen MR) is 84.3 cm³/mol. The second-order valence-corrected chi connectivity index (χ2v) is 5.34. The van der Waals surface area contributed by atoms with E-state index in [1.165, 1.54) is 11.3 Å². The molecule has 0 heterocycles. The number of hydrogen-bond acceptors (Lipinski definition) is 1. The van der Waals surface area contributed by atoms with E-state index >= 15 is 0 Å². The summed E-state index contributed by atoms with van der Waals surface area (Å²) in [7, 11) is 2.09. The van der Waals surface area contributed by atoms with E-state index in [9.17, 15) is 0 Å². The molecule has 0 fully saturated rings. The van der Waals surface area contributed by atoms with Gasteiger partial charge in [0.25, 0.3) is 0 Å². The number of halogens is 2. The number of hydrogen-bond donors (Lipinski definition) is 0. The van der Waals surface area contributed by atoms with Crippen LogP contribution in [0, 0.1) is 0 Å². The predicted octanol–water partition coefficient (Wildman–Crippen LogP) is 5.28. The van der Waals surface area contributed by atoms with Crippen molar-refractivity contribution in [3.05, 3.63) is 64.7 Å². The molecule has 3 heteroatoms. The van der Waals surface area contributed by atoms with Crippen LogP contribution in [0.25, 0.3) is 0 Å². The molecule has 0 bridgehead atoms. The maximum Gasteiger partial charge on any atom is 0.0511 e. The number of anilines is 1. The Bertz CT molecular complexity index is 519. The highest BCUT2D eigenvalue weighted by molar-refractivity contribution is 6.30. The molecule has 100 valence electrons. The zero-order chi connectivity index (χ0) is 13.8. The Morgan fingerprint density at radius 3 is 2.11 bits per heavy atom. The Balaban J connectivity index is 2.17. The fraction of sp³-hybridized carbons (Fsp3) is 0.250. The van der Waals surface area contributed by atoms with Crippen LogP contribution < -0.4 is 4.90 Å². The van der Waals surface area contributed by atoms with Crippen LogP contribution >= 0.6 is 23.2 Å². The van der Waals surface area contributed by atoms with Gasteiger partial charge in [-0.2, -0.15) is 0 Å². The van der Waals surface area contributed by atoms with Crippen LogP contribution in [0.15, 0.2) is 48.5 Å². The lowest BCUT2D eigenvalue weighted by Crippen LogP contribution is -2.21. The number of alkyl halides is 1. The molecule has 19 heavy (non-hydrogen) atoms. The van der Waals surface area contributed by atoms with E-state index in [1.54, 1.807) is 0 Å². The first-order chi connectivity index (χ1) is 9.11. The Labute approximate surface area is 124 Å². The van der Waals surface area contributed by atoms with Crippen LogP contribution in [-0.2, 0) is 5.88 Å². The summed E-state index contributed by atoms with van der Waals surface area (Å²) in [4.78, 5) is 2.24. The molecule has 1 nitrogen and oxygen atoms in total. The fourth-order valence-corrected chi connectivity index (χ4v) is 2.31. The van der Waals surface area contributed by atoms with Crippen molar-refractivity contribution in [1.82, 2.24) is 0 Å². The minimum atomic E-state index is 0.291. The second kappa shape index (κ2) is 6.31. The van der Waals surface area contributed by atoms with Crippen molar-refractivity contribution in [3.8, 4) is 0 Å². The van der Waals surface area contributed by atoms with Gasteiger partial charge in [-0.05, 0) is 42.3 Å². The maximum atomic E-state index is 5.92. The second-order valence-electron chi connectivity index (χ2n) is 4.64. The average molecular weight is 294 g/mol. The molecule has 0 saturated carbocycles. The summed E-state index contributed by atoms with van der Waals surface area (Å²) in [5.41, 5.74) is 3.56. The van der Waals surface area contributed by atoms with Gasteiger partial charge in [-0.15, -0.1) is 11.6 Å². The standard InChI is InChI=1S/C16H17Cl2N/c1-12(14-5-7-15(18)8-6-14)19(2)16-9-3-13(11-17)4-10-16/h3-10,12H,11H2,1-2H3. The lowest BCUT2D eigenvalue weighted by atomic mass is 10.1. The van der Waals surface area contributed by atoms with Gasteiger partial charge in [-0.1, -0.05) is 35.9 Å². The van der Waals surface area contributed by atoms with Crippen LogP contribution in [0.5, 0.6) is 0 Å². The molecule has 0 amide bonds. The monoisotopic (exact) mass is 293 g/mol. The zero-order valence-electron chi connectivity index (χ0n) is 11.1. The van der Waals surface area contributed by atoms with E-state index in [2.05, 4.69) is 55.3 Å². The molecule has 2 aromatic carbocycles. The average Bonchev–Trinajstić information content (AvgIpc) is 2.46. The van der Waals surface area contributed by atoms with Gasteiger partial charge in [-0.25, -0.2) is 0 Å². The normalized spacial score (nSPS) is 12.2. The summed E-state index contributed by atoms with van der Waals surface area (Å²) in [5.74, 6) is 0.552. The molecule has 1 atom stereocenters. The van der Waals surface area contributed by atoms with Crippen molar-refractivity contribution < 1.29 is 0 Å². The number of benzene rings is 2. The van der Waals surface area contributed by atoms with Crippen LogP contribution in [0.4, 0.5) is 5.69 Å². The SMILES string of the molecule is CC(c1ccc(Cl)cc1)N(C)c1ccc(CCl)cc1. The number of nitrogens with zero attached hydrogens (tertiary/aromatic N) is 1. The molecule has 0 aliphatic rings. The van der Waals surface area contributed by atoms with Crippen LogP contribution in [-0.4, -0.2) is 7.05 Å². The molecule has 0 N–H and O–H groups in total. The highest BCUT2D eigenvalue weighted by Gasteiger charge is 2.12. The van der Waals surface area contributed by atoms with Gasteiger partial charge in [0.1, 0.15) is 0 Å². The van der Waals surface area contributed by atoms with E-state index in [4.69, 9.17) is 23.2 Å². The van der Waals surface area contributed by atoms with Crippen molar-refractivity contribution >= 4 is 28.9 Å². The Kier molecular flexibility index (Phi) is 4.73. The molecule has 0 spiro atoms. The molecule has 0 aromatic heterocycles. The van der Waals surface area contributed by atoms with Gasteiger partial charge < -0.3 is 4.90 Å². The van der Waals surface area contributed by atoms with Crippen molar-refractivity contribution in [2.24, 2.45) is 0 Å². The molecule has 0 saturated heterocycles. The molecule has 2 rings (SSSR count). The summed E-state index contributed by atoms with van der Waals surface area (Å²) in [6, 6.07) is 16.6. The van der Waals surface area contributed by atoms with E-state index in [0.29, 0.717) is 11.9 Å². The number of rotatable bonds is 4. The van der Waals surface area contributed by atoms with Crippen molar-refractivity contribution in [2.75, 3.05) is 11.9 Å². The third-order valence-electron chi connectivity index (χ3n) is 3.43. The zero-order valence-corrected chi connectivity index (χ0v) is 12.6. The van der Waals surface area contributed by atoms with Gasteiger partial charge in [-0.3, -0.25) is 0 Å². The van der Waals surface area contributed by atoms with Gasteiger partial charge in [0, 0.05) is 23.6 Å². The van der Waals surface area contributed by atoms with Gasteiger partial charge >= 0.3 is 0 Å². The van der Waals surface area contributed by atoms with E-state index in [1.807, 2.05) is 12.1 Å². The Morgan fingerprint density at radius 2 is 1.58 bits per heavy atom. The van der Waals surface area contributed by atoms with E-state index in [-0.39, 0.29) is 0 Å². The third kappa shape index (κ3) is 3.43. The Morgan fingerprint density at radius 1 is 1.00 bits per heavy atom. The maximum absolute atomic E-state index is 5.92. The summed E-state index contributed by atoms with van der Waals surface area (Å²) in [6.45, 7) is 2.18. The highest BCUT2D eigenvalue weighted by Crippen LogP contribution is 2.26. The first kappa shape index (κ1) is 14.2. The Hall–Kier alpha value is -1.18. The largest absolute Gasteiger partial charge is 0.368 e. The molecule has 0 radical (unpaired) electrons. The van der Waals surface area contributed by atoms with Crippen molar-refractivity contribution in [2.45, 2.75) is 18.8 Å². The molecule has 0 aliphatic heterocycles. The fourth-order valence-electron chi connectivity index (χ4n) is 2.01. The molecule has 1 unspecified atom stereocenters. The van der Waals surface area contributed by atoms with Crippen LogP contribution in [0.2, 0.25) is 5.02 Å². The van der Waals surface area contributed by atoms with Gasteiger partial charge in [0.15, 0.2) is 0 Å². The first-order valence-corrected chi connectivity index (χ1v) is 7.16. The lowest BCUT2D eigenvalue weighted by molar-refractivity contribution is 0.740. The molecule has 0 aliphatic carbocycles. The summed E-state index contributed by atoms with van der Waals surface area (Å²) < 4.78 is 0. The summed E-state index contributed by atoms with van der Waals surface area (Å²) >= 11 is 11.7. The highest BCUT2D eigenvalue weighted by atomic mass is 35.5. The quantitative estimate of drug-likeness (QED) is 0.694. The first-order valence-electron chi connectivity index (χ1n) is 6.25. The molecular formula is C16H17Cl2N. The molecular weight excluding hydrogens is 277 g/mol. The van der Waals surface area contributed by atoms with Crippen LogP contribution in [0.1, 0.15) is 24.1 Å². The third-order valence-corrected chi connectivity index (χ3v) is 3.99. The smallest absolute Gasteiger partial charge is 0.0511 e. The van der Waals surface area contributed by atoms with E-state index < -0.39 is 0 Å². The minimum Gasteiger partial charge on any atom is -0.368 e. The van der Waals surface area contributed by atoms with Crippen LogP contribution in [0.3, 0.4) is 0 Å². The van der Waals surface area contributed by atoms with Crippen molar-refractivity contribution in [1.29, 1.82) is 0 Å².